The molecule has 3 nitrogen and oxygen atoms in total. The van der Waals surface area contributed by atoms with Gasteiger partial charge in [-0.1, -0.05) is 39.0 Å². The van der Waals surface area contributed by atoms with Gasteiger partial charge in [-0.3, -0.25) is 4.79 Å². The molecule has 0 heterocycles. The molecule has 0 bridgehead atoms. The summed E-state index contributed by atoms with van der Waals surface area (Å²) in [7, 11) is 0. The van der Waals surface area contributed by atoms with Gasteiger partial charge in [0, 0.05) is 18.2 Å². The van der Waals surface area contributed by atoms with Gasteiger partial charge >= 0.3 is 0 Å². The molecule has 3 heteroatoms. The smallest absolute Gasteiger partial charge is 0.251 e. The molecular formula is C13H20N2O. The summed E-state index contributed by atoms with van der Waals surface area (Å²) in [5.74, 6) is -0.0639. The fourth-order valence-corrected chi connectivity index (χ4v) is 1.46. The number of hydrogen-bond donors (Lipinski definition) is 2. The zero-order valence-corrected chi connectivity index (χ0v) is 10.2. The van der Waals surface area contributed by atoms with Crippen molar-refractivity contribution < 1.29 is 4.79 Å². The van der Waals surface area contributed by atoms with Crippen LogP contribution in [0.3, 0.4) is 0 Å². The van der Waals surface area contributed by atoms with Crippen molar-refractivity contribution in [3.05, 3.63) is 35.9 Å². The van der Waals surface area contributed by atoms with Crippen LogP contribution in [0.15, 0.2) is 30.3 Å². The first kappa shape index (κ1) is 12.7. The van der Waals surface area contributed by atoms with Gasteiger partial charge in [0.15, 0.2) is 0 Å². The predicted octanol–water partition coefficient (Wildman–Crippen LogP) is 1.79. The molecule has 0 aromatic heterocycles. The number of hydrogen-bond acceptors (Lipinski definition) is 2. The molecule has 1 unspecified atom stereocenters. The van der Waals surface area contributed by atoms with E-state index in [9.17, 15) is 4.79 Å². The van der Waals surface area contributed by atoms with Crippen LogP contribution in [0.4, 0.5) is 0 Å². The molecule has 88 valence electrons. The van der Waals surface area contributed by atoms with E-state index in [-0.39, 0.29) is 17.4 Å². The van der Waals surface area contributed by atoms with Gasteiger partial charge in [0.25, 0.3) is 5.91 Å². The van der Waals surface area contributed by atoms with Gasteiger partial charge in [0.1, 0.15) is 0 Å². The molecule has 1 aromatic rings. The number of benzene rings is 1. The lowest BCUT2D eigenvalue weighted by Crippen LogP contribution is -2.48. The number of nitrogens with one attached hydrogen (secondary N) is 1. The highest BCUT2D eigenvalue weighted by Gasteiger charge is 2.24. The average Bonchev–Trinajstić information content (AvgIpc) is 2.25. The Balaban J connectivity index is 2.71. The maximum Gasteiger partial charge on any atom is 0.251 e. The van der Waals surface area contributed by atoms with Crippen LogP contribution in [-0.4, -0.2) is 18.5 Å². The van der Waals surface area contributed by atoms with Crippen molar-refractivity contribution in [1.29, 1.82) is 0 Å². The van der Waals surface area contributed by atoms with E-state index in [0.717, 1.165) is 0 Å². The maximum atomic E-state index is 11.9. The summed E-state index contributed by atoms with van der Waals surface area (Å²) >= 11 is 0. The molecule has 3 N–H and O–H groups in total. The number of carbonyl (C=O) groups excluding carboxylic acids is 1. The first-order chi connectivity index (χ1) is 7.45. The average molecular weight is 220 g/mol. The SMILES string of the molecule is CC(C)(C)C(CN)NC(=O)c1ccccc1. The number of rotatable bonds is 3. The third-order valence-corrected chi connectivity index (χ3v) is 2.62. The molecule has 1 atom stereocenters. The third kappa shape index (κ3) is 3.35. The fraction of sp³-hybridized carbons (Fsp3) is 0.462. The Labute approximate surface area is 97.0 Å². The molecule has 0 aliphatic rings. The molecule has 0 spiro atoms. The lowest BCUT2D eigenvalue weighted by Gasteiger charge is -2.30. The normalized spacial score (nSPS) is 13.2. The lowest BCUT2D eigenvalue weighted by atomic mass is 9.86. The fourth-order valence-electron chi connectivity index (χ4n) is 1.46. The van der Waals surface area contributed by atoms with Crippen molar-refractivity contribution >= 4 is 5.91 Å². The molecular weight excluding hydrogens is 200 g/mol. The number of carbonyl (C=O) groups is 1. The van der Waals surface area contributed by atoms with Gasteiger partial charge < -0.3 is 11.1 Å². The van der Waals surface area contributed by atoms with Crippen LogP contribution in [0.25, 0.3) is 0 Å². The van der Waals surface area contributed by atoms with Crippen LogP contribution in [0.2, 0.25) is 0 Å². The lowest BCUT2D eigenvalue weighted by molar-refractivity contribution is 0.0905. The van der Waals surface area contributed by atoms with Gasteiger partial charge in [-0.15, -0.1) is 0 Å². The van der Waals surface area contributed by atoms with Crippen LogP contribution in [-0.2, 0) is 0 Å². The quantitative estimate of drug-likeness (QED) is 0.816. The van der Waals surface area contributed by atoms with Crippen LogP contribution < -0.4 is 11.1 Å². The largest absolute Gasteiger partial charge is 0.348 e. The van der Waals surface area contributed by atoms with Crippen LogP contribution in [0, 0.1) is 5.41 Å². The molecule has 0 aliphatic carbocycles. The highest BCUT2D eigenvalue weighted by molar-refractivity contribution is 5.94. The third-order valence-electron chi connectivity index (χ3n) is 2.62. The topological polar surface area (TPSA) is 55.1 Å². The van der Waals surface area contributed by atoms with Crippen molar-refractivity contribution in [2.75, 3.05) is 6.54 Å². The summed E-state index contributed by atoms with van der Waals surface area (Å²) in [5.41, 5.74) is 6.31. The molecule has 1 rings (SSSR count). The van der Waals surface area contributed by atoms with Gasteiger partial charge in [0.05, 0.1) is 0 Å². The van der Waals surface area contributed by atoms with Gasteiger partial charge in [-0.25, -0.2) is 0 Å². The summed E-state index contributed by atoms with van der Waals surface area (Å²) in [5, 5.41) is 2.96. The molecule has 16 heavy (non-hydrogen) atoms. The van der Waals surface area contributed by atoms with E-state index < -0.39 is 0 Å². The Morgan fingerprint density at radius 1 is 1.31 bits per heavy atom. The van der Waals surface area contributed by atoms with E-state index in [1.807, 2.05) is 18.2 Å². The monoisotopic (exact) mass is 220 g/mol. The van der Waals surface area contributed by atoms with E-state index in [4.69, 9.17) is 5.73 Å². The highest BCUT2D eigenvalue weighted by Crippen LogP contribution is 2.18. The second kappa shape index (κ2) is 5.12. The second-order valence-corrected chi connectivity index (χ2v) is 4.99. The van der Waals surface area contributed by atoms with Crippen molar-refractivity contribution in [3.63, 3.8) is 0 Å². The summed E-state index contributed by atoms with van der Waals surface area (Å²) in [6, 6.07) is 9.17. The summed E-state index contributed by atoms with van der Waals surface area (Å²) in [6.07, 6.45) is 0. The van der Waals surface area contributed by atoms with E-state index in [1.165, 1.54) is 0 Å². The first-order valence-electron chi connectivity index (χ1n) is 5.51. The molecule has 0 fully saturated rings. The molecule has 1 aromatic carbocycles. The molecule has 0 aliphatic heterocycles. The van der Waals surface area contributed by atoms with E-state index >= 15 is 0 Å². The first-order valence-corrected chi connectivity index (χ1v) is 5.51. The molecule has 0 saturated carbocycles. The Kier molecular flexibility index (Phi) is 4.07. The zero-order valence-electron chi connectivity index (χ0n) is 10.2. The highest BCUT2D eigenvalue weighted by atomic mass is 16.1. The van der Waals surface area contributed by atoms with Crippen LogP contribution in [0.1, 0.15) is 31.1 Å². The Morgan fingerprint density at radius 2 is 1.88 bits per heavy atom. The standard InChI is InChI=1S/C13H20N2O/c1-13(2,3)11(9-14)15-12(16)10-7-5-4-6-8-10/h4-8,11H,9,14H2,1-3H3,(H,15,16). The van der Waals surface area contributed by atoms with Crippen LogP contribution in [0.5, 0.6) is 0 Å². The van der Waals surface area contributed by atoms with Gasteiger partial charge in [-0.05, 0) is 17.5 Å². The maximum absolute atomic E-state index is 11.9. The van der Waals surface area contributed by atoms with Crippen molar-refractivity contribution in [1.82, 2.24) is 5.32 Å². The van der Waals surface area contributed by atoms with Gasteiger partial charge in [0.2, 0.25) is 0 Å². The minimum absolute atomic E-state index is 0.0137. The molecule has 0 radical (unpaired) electrons. The van der Waals surface area contributed by atoms with Crippen molar-refractivity contribution in [2.24, 2.45) is 11.1 Å². The zero-order chi connectivity index (χ0) is 12.2. The minimum Gasteiger partial charge on any atom is -0.348 e. The van der Waals surface area contributed by atoms with Crippen LogP contribution >= 0.6 is 0 Å². The minimum atomic E-state index is -0.0639. The summed E-state index contributed by atoms with van der Waals surface area (Å²) in [6.45, 7) is 6.64. The van der Waals surface area contributed by atoms with Crippen molar-refractivity contribution in [2.45, 2.75) is 26.8 Å². The molecule has 0 saturated heterocycles. The van der Waals surface area contributed by atoms with Gasteiger partial charge in [-0.2, -0.15) is 0 Å². The second-order valence-electron chi connectivity index (χ2n) is 4.99. The summed E-state index contributed by atoms with van der Waals surface area (Å²) < 4.78 is 0. The van der Waals surface area contributed by atoms with E-state index in [0.29, 0.717) is 12.1 Å². The Morgan fingerprint density at radius 3 is 2.31 bits per heavy atom. The Bertz CT molecular complexity index is 341. The van der Waals surface area contributed by atoms with E-state index in [2.05, 4.69) is 26.1 Å². The van der Waals surface area contributed by atoms with E-state index in [1.54, 1.807) is 12.1 Å². The van der Waals surface area contributed by atoms with Crippen molar-refractivity contribution in [3.8, 4) is 0 Å². The number of nitrogens with two attached hydrogens (primary N) is 1. The number of amides is 1. The predicted molar refractivity (Wildman–Crippen MR) is 66.2 cm³/mol. The molecule has 1 amide bonds. The Hall–Kier alpha value is -1.35. The summed E-state index contributed by atoms with van der Waals surface area (Å²) in [4.78, 5) is 11.9.